The van der Waals surface area contributed by atoms with Crippen molar-refractivity contribution in [3.8, 4) is 0 Å². The number of amides is 2. The second-order valence-electron chi connectivity index (χ2n) is 3.92. The zero-order chi connectivity index (χ0) is 11.0. The fourth-order valence-electron chi connectivity index (χ4n) is 1.78. The van der Waals surface area contributed by atoms with Crippen molar-refractivity contribution in [1.29, 1.82) is 0 Å². The molecular weight excluding hydrogens is 190 g/mol. The molecule has 0 N–H and O–H groups in total. The van der Waals surface area contributed by atoms with Gasteiger partial charge in [0, 0.05) is 11.8 Å². The monoisotopic (exact) mass is 203 g/mol. The van der Waals surface area contributed by atoms with Crippen molar-refractivity contribution in [1.82, 2.24) is 0 Å². The van der Waals surface area contributed by atoms with Crippen molar-refractivity contribution in [2.75, 3.05) is 4.90 Å². The Kier molecular flexibility index (Phi) is 2.31. The lowest BCUT2D eigenvalue weighted by Crippen LogP contribution is -2.30. The van der Waals surface area contributed by atoms with Crippen LogP contribution in [0.25, 0.3) is 0 Å². The molecule has 15 heavy (non-hydrogen) atoms. The summed E-state index contributed by atoms with van der Waals surface area (Å²) in [5.41, 5.74) is 0.670. The van der Waals surface area contributed by atoms with Crippen LogP contribution < -0.4 is 4.90 Å². The van der Waals surface area contributed by atoms with E-state index in [9.17, 15) is 9.59 Å². The average molecular weight is 203 g/mol. The van der Waals surface area contributed by atoms with Crippen LogP contribution in [0.2, 0.25) is 0 Å². The molecule has 1 aliphatic rings. The largest absolute Gasteiger partial charge is 0.274 e. The van der Waals surface area contributed by atoms with Crippen molar-refractivity contribution < 1.29 is 9.59 Å². The van der Waals surface area contributed by atoms with E-state index in [-0.39, 0.29) is 23.7 Å². The Morgan fingerprint density at radius 3 is 1.87 bits per heavy atom. The molecule has 1 heterocycles. The van der Waals surface area contributed by atoms with Crippen molar-refractivity contribution in [3.63, 3.8) is 0 Å². The molecule has 1 aromatic rings. The number of rotatable bonds is 1. The van der Waals surface area contributed by atoms with Gasteiger partial charge < -0.3 is 0 Å². The topological polar surface area (TPSA) is 37.4 Å². The maximum absolute atomic E-state index is 11.8. The molecule has 3 heteroatoms. The normalized spacial score (nSPS) is 26.1. The number of anilines is 1. The highest BCUT2D eigenvalue weighted by molar-refractivity contribution is 6.21. The Hall–Kier alpha value is -1.64. The summed E-state index contributed by atoms with van der Waals surface area (Å²) in [5.74, 6) is -0.618. The van der Waals surface area contributed by atoms with E-state index in [1.807, 2.05) is 18.2 Å². The number of para-hydroxylation sites is 1. The number of carbonyl (C=O) groups excluding carboxylic acids is 2. The molecule has 1 fully saturated rings. The quantitative estimate of drug-likeness (QED) is 0.653. The van der Waals surface area contributed by atoms with Crippen LogP contribution in [-0.4, -0.2) is 11.8 Å². The second-order valence-corrected chi connectivity index (χ2v) is 3.92. The Morgan fingerprint density at radius 2 is 1.40 bits per heavy atom. The van der Waals surface area contributed by atoms with Gasteiger partial charge in [0.2, 0.25) is 11.8 Å². The number of imide groups is 1. The standard InChI is InChI=1S/C12H13NO2/c1-8-9(2)12(15)13(11(8)14)10-6-4-3-5-7-10/h3-9H,1-2H3. The lowest BCUT2D eigenvalue weighted by Gasteiger charge is -2.13. The summed E-state index contributed by atoms with van der Waals surface area (Å²) in [4.78, 5) is 25.0. The summed E-state index contributed by atoms with van der Waals surface area (Å²) in [6.07, 6.45) is 0. The summed E-state index contributed by atoms with van der Waals surface area (Å²) in [5, 5.41) is 0. The van der Waals surface area contributed by atoms with Gasteiger partial charge in [0.25, 0.3) is 0 Å². The third-order valence-corrected chi connectivity index (χ3v) is 2.98. The number of nitrogens with zero attached hydrogens (tertiary/aromatic N) is 1. The SMILES string of the molecule is CC1C(=O)N(c2ccccc2)C(=O)C1C. The third-order valence-electron chi connectivity index (χ3n) is 2.98. The molecule has 78 valence electrons. The van der Waals surface area contributed by atoms with Gasteiger partial charge in [-0.05, 0) is 12.1 Å². The molecule has 2 rings (SSSR count). The highest BCUT2D eigenvalue weighted by atomic mass is 16.2. The van der Waals surface area contributed by atoms with E-state index >= 15 is 0 Å². The zero-order valence-electron chi connectivity index (χ0n) is 8.81. The van der Waals surface area contributed by atoms with E-state index < -0.39 is 0 Å². The molecule has 0 spiro atoms. The second kappa shape index (κ2) is 3.50. The van der Waals surface area contributed by atoms with E-state index in [2.05, 4.69) is 0 Å². The molecule has 2 atom stereocenters. The smallest absolute Gasteiger partial charge is 0.237 e. The zero-order valence-corrected chi connectivity index (χ0v) is 8.81. The number of carbonyl (C=O) groups is 2. The molecular formula is C12H13NO2. The molecule has 1 saturated heterocycles. The van der Waals surface area contributed by atoms with Gasteiger partial charge in [0.15, 0.2) is 0 Å². The molecule has 0 aromatic heterocycles. The fraction of sp³-hybridized carbons (Fsp3) is 0.333. The van der Waals surface area contributed by atoms with Crippen LogP contribution in [-0.2, 0) is 9.59 Å². The first-order valence-electron chi connectivity index (χ1n) is 5.06. The first kappa shape index (κ1) is 9.90. The maximum atomic E-state index is 11.8. The van der Waals surface area contributed by atoms with Gasteiger partial charge in [0.05, 0.1) is 5.69 Å². The summed E-state index contributed by atoms with van der Waals surface area (Å²) < 4.78 is 0. The minimum Gasteiger partial charge on any atom is -0.274 e. The highest BCUT2D eigenvalue weighted by Gasteiger charge is 2.42. The molecule has 1 aliphatic heterocycles. The first-order valence-corrected chi connectivity index (χ1v) is 5.06. The molecule has 0 bridgehead atoms. The van der Waals surface area contributed by atoms with Crippen LogP contribution in [0, 0.1) is 11.8 Å². The van der Waals surface area contributed by atoms with Crippen molar-refractivity contribution in [2.45, 2.75) is 13.8 Å². The summed E-state index contributed by atoms with van der Waals surface area (Å²) in [6, 6.07) is 9.07. The minimum absolute atomic E-state index is 0.0984. The Morgan fingerprint density at radius 1 is 0.933 bits per heavy atom. The predicted octanol–water partition coefficient (Wildman–Crippen LogP) is 1.83. The van der Waals surface area contributed by atoms with Crippen molar-refractivity contribution >= 4 is 17.5 Å². The first-order chi connectivity index (χ1) is 7.13. The van der Waals surface area contributed by atoms with Crippen LogP contribution in [0.1, 0.15) is 13.8 Å². The predicted molar refractivity (Wildman–Crippen MR) is 57.3 cm³/mol. The molecule has 2 amide bonds. The van der Waals surface area contributed by atoms with Crippen LogP contribution in [0.15, 0.2) is 30.3 Å². The van der Waals surface area contributed by atoms with E-state index in [1.54, 1.807) is 26.0 Å². The molecule has 0 radical (unpaired) electrons. The Labute approximate surface area is 88.7 Å². The van der Waals surface area contributed by atoms with Crippen LogP contribution in [0.4, 0.5) is 5.69 Å². The molecule has 1 aromatic carbocycles. The van der Waals surface area contributed by atoms with E-state index in [1.165, 1.54) is 4.90 Å². The minimum atomic E-state index is -0.210. The van der Waals surface area contributed by atoms with Crippen LogP contribution in [0.3, 0.4) is 0 Å². The van der Waals surface area contributed by atoms with Crippen molar-refractivity contribution in [2.24, 2.45) is 11.8 Å². The lowest BCUT2D eigenvalue weighted by molar-refractivity contribution is -0.122. The van der Waals surface area contributed by atoms with Gasteiger partial charge in [-0.1, -0.05) is 32.0 Å². The van der Waals surface area contributed by atoms with Crippen LogP contribution >= 0.6 is 0 Å². The van der Waals surface area contributed by atoms with E-state index in [0.29, 0.717) is 5.69 Å². The average Bonchev–Trinajstić information content (AvgIpc) is 2.45. The maximum Gasteiger partial charge on any atom is 0.237 e. The number of benzene rings is 1. The lowest BCUT2D eigenvalue weighted by atomic mass is 10.00. The van der Waals surface area contributed by atoms with E-state index in [4.69, 9.17) is 0 Å². The summed E-state index contributed by atoms with van der Waals surface area (Å²) >= 11 is 0. The van der Waals surface area contributed by atoms with Crippen molar-refractivity contribution in [3.05, 3.63) is 30.3 Å². The van der Waals surface area contributed by atoms with Gasteiger partial charge in [-0.3, -0.25) is 14.5 Å². The highest BCUT2D eigenvalue weighted by Crippen LogP contribution is 2.29. The van der Waals surface area contributed by atoms with E-state index in [0.717, 1.165) is 0 Å². The molecule has 2 unspecified atom stereocenters. The van der Waals surface area contributed by atoms with Gasteiger partial charge in [-0.25, -0.2) is 0 Å². The molecule has 0 saturated carbocycles. The van der Waals surface area contributed by atoms with Gasteiger partial charge in [-0.15, -0.1) is 0 Å². The van der Waals surface area contributed by atoms with Gasteiger partial charge in [-0.2, -0.15) is 0 Å². The number of hydrogen-bond donors (Lipinski definition) is 0. The van der Waals surface area contributed by atoms with Gasteiger partial charge >= 0.3 is 0 Å². The third kappa shape index (κ3) is 1.44. The fourth-order valence-corrected chi connectivity index (χ4v) is 1.78. The Bertz CT molecular complexity index is 379. The number of hydrogen-bond acceptors (Lipinski definition) is 2. The summed E-state index contributed by atoms with van der Waals surface area (Å²) in [6.45, 7) is 3.60. The van der Waals surface area contributed by atoms with Gasteiger partial charge in [0.1, 0.15) is 0 Å². The molecule has 3 nitrogen and oxygen atoms in total. The Balaban J connectivity index is 2.39. The molecule has 0 aliphatic carbocycles. The van der Waals surface area contributed by atoms with Crippen LogP contribution in [0.5, 0.6) is 0 Å². The summed E-state index contributed by atoms with van der Waals surface area (Å²) in [7, 11) is 0.